The van der Waals surface area contributed by atoms with Crippen LogP contribution in [0.4, 0.5) is 11.4 Å². The Morgan fingerprint density at radius 1 is 1.35 bits per heavy atom. The van der Waals surface area contributed by atoms with Crippen LogP contribution in [0.15, 0.2) is 12.1 Å². The number of benzene rings is 1. The summed E-state index contributed by atoms with van der Waals surface area (Å²) in [4.78, 5) is 10.4. The standard InChI is InChI=1S/C12H14N4O6S/c17-3-8-12(19)11(18)6(4-22-8)13-5-1-2-7(16(20)21)10-9(5)14-23-15-10/h1-2,6,8,11-13,17-19H,3-4H2/t6-,8+,11+,12+/m0/s1. The molecule has 10 nitrogen and oxygen atoms in total. The van der Waals surface area contributed by atoms with E-state index in [4.69, 9.17) is 9.84 Å². The molecule has 1 aliphatic rings. The Balaban J connectivity index is 1.86. The van der Waals surface area contributed by atoms with E-state index >= 15 is 0 Å². The Kier molecular flexibility index (Phi) is 4.37. The fraction of sp³-hybridized carbons (Fsp3) is 0.500. The summed E-state index contributed by atoms with van der Waals surface area (Å²) in [6, 6.07) is 2.12. The number of rotatable bonds is 4. The number of nitro groups is 1. The molecule has 2 heterocycles. The molecule has 1 aromatic heterocycles. The first kappa shape index (κ1) is 16.0. The molecule has 11 heteroatoms. The normalized spacial score (nSPS) is 28.0. The number of non-ortho nitro benzene ring substituents is 1. The van der Waals surface area contributed by atoms with Gasteiger partial charge in [0.15, 0.2) is 5.52 Å². The molecule has 124 valence electrons. The molecule has 3 rings (SSSR count). The van der Waals surface area contributed by atoms with Gasteiger partial charge in [0.05, 0.1) is 41.6 Å². The summed E-state index contributed by atoms with van der Waals surface area (Å²) in [5.41, 5.74) is 0.766. The van der Waals surface area contributed by atoms with Crippen molar-refractivity contribution in [3.8, 4) is 0 Å². The van der Waals surface area contributed by atoms with E-state index in [1.165, 1.54) is 12.1 Å². The molecule has 2 aromatic rings. The lowest BCUT2D eigenvalue weighted by molar-refractivity contribution is -0.383. The number of nitrogens with zero attached hydrogens (tertiary/aromatic N) is 3. The van der Waals surface area contributed by atoms with Crippen molar-refractivity contribution in [1.29, 1.82) is 0 Å². The van der Waals surface area contributed by atoms with E-state index in [1.54, 1.807) is 0 Å². The minimum Gasteiger partial charge on any atom is -0.394 e. The van der Waals surface area contributed by atoms with Crippen LogP contribution in [0.5, 0.6) is 0 Å². The van der Waals surface area contributed by atoms with Crippen LogP contribution < -0.4 is 5.32 Å². The predicted molar refractivity (Wildman–Crippen MR) is 80.3 cm³/mol. The Labute approximate surface area is 133 Å². The smallest absolute Gasteiger partial charge is 0.298 e. The van der Waals surface area contributed by atoms with Crippen LogP contribution in [0.3, 0.4) is 0 Å². The summed E-state index contributed by atoms with van der Waals surface area (Å²) in [5, 5.41) is 43.0. The average Bonchev–Trinajstić information content (AvgIpc) is 3.01. The third-order valence-electron chi connectivity index (χ3n) is 3.74. The van der Waals surface area contributed by atoms with E-state index < -0.39 is 35.9 Å². The molecular weight excluding hydrogens is 328 g/mol. The van der Waals surface area contributed by atoms with E-state index in [9.17, 15) is 20.3 Å². The van der Waals surface area contributed by atoms with Gasteiger partial charge in [-0.1, -0.05) is 0 Å². The molecule has 1 aromatic carbocycles. The molecule has 1 aliphatic heterocycles. The van der Waals surface area contributed by atoms with Crippen molar-refractivity contribution in [2.75, 3.05) is 18.5 Å². The van der Waals surface area contributed by atoms with E-state index in [-0.39, 0.29) is 17.8 Å². The second-order valence-electron chi connectivity index (χ2n) is 5.14. The van der Waals surface area contributed by atoms with Gasteiger partial charge in [-0.15, -0.1) is 0 Å². The van der Waals surface area contributed by atoms with Crippen LogP contribution in [0, 0.1) is 10.1 Å². The Bertz CT molecular complexity index is 725. The molecule has 0 radical (unpaired) electrons. The maximum Gasteiger partial charge on any atom is 0.298 e. The fourth-order valence-corrected chi connectivity index (χ4v) is 3.06. The lowest BCUT2D eigenvalue weighted by Crippen LogP contribution is -2.56. The third kappa shape index (κ3) is 2.84. The van der Waals surface area contributed by atoms with E-state index in [2.05, 4.69) is 14.1 Å². The summed E-state index contributed by atoms with van der Waals surface area (Å²) in [7, 11) is 0. The molecule has 1 fully saturated rings. The quantitative estimate of drug-likeness (QED) is 0.425. The number of nitrogens with one attached hydrogen (secondary N) is 1. The average molecular weight is 342 g/mol. The number of hydrogen-bond donors (Lipinski definition) is 4. The highest BCUT2D eigenvalue weighted by Gasteiger charge is 2.38. The van der Waals surface area contributed by atoms with Crippen molar-refractivity contribution in [2.24, 2.45) is 0 Å². The van der Waals surface area contributed by atoms with Gasteiger partial charge in [0, 0.05) is 6.07 Å². The van der Waals surface area contributed by atoms with E-state index in [0.29, 0.717) is 11.2 Å². The molecule has 4 N–H and O–H groups in total. The number of nitro benzene ring substituents is 1. The summed E-state index contributed by atoms with van der Waals surface area (Å²) in [5.74, 6) is 0. The van der Waals surface area contributed by atoms with Crippen LogP contribution in [-0.4, -0.2) is 66.6 Å². The fourth-order valence-electron chi connectivity index (χ4n) is 2.49. The zero-order valence-corrected chi connectivity index (χ0v) is 12.5. The highest BCUT2D eigenvalue weighted by atomic mass is 32.1. The summed E-state index contributed by atoms with van der Waals surface area (Å²) >= 11 is 0.845. The van der Waals surface area contributed by atoms with Crippen molar-refractivity contribution in [3.63, 3.8) is 0 Å². The first-order valence-electron chi connectivity index (χ1n) is 6.77. The topological polar surface area (TPSA) is 151 Å². The number of ether oxygens (including phenoxy) is 1. The molecular formula is C12H14N4O6S. The number of aliphatic hydroxyl groups excluding tert-OH is 3. The maximum atomic E-state index is 11.0. The Hall–Kier alpha value is -1.92. The van der Waals surface area contributed by atoms with Gasteiger partial charge in [-0.3, -0.25) is 10.1 Å². The largest absolute Gasteiger partial charge is 0.394 e. The first-order chi connectivity index (χ1) is 11.0. The highest BCUT2D eigenvalue weighted by Crippen LogP contribution is 2.31. The van der Waals surface area contributed by atoms with Gasteiger partial charge in [-0.05, 0) is 6.07 Å². The lowest BCUT2D eigenvalue weighted by atomic mass is 9.98. The minimum absolute atomic E-state index is 0.0551. The minimum atomic E-state index is -1.24. The molecule has 23 heavy (non-hydrogen) atoms. The van der Waals surface area contributed by atoms with Crippen molar-refractivity contribution in [1.82, 2.24) is 8.75 Å². The maximum absolute atomic E-state index is 11.0. The van der Waals surface area contributed by atoms with Crippen LogP contribution in [-0.2, 0) is 4.74 Å². The zero-order chi connectivity index (χ0) is 16.6. The van der Waals surface area contributed by atoms with Crippen molar-refractivity contribution in [3.05, 3.63) is 22.2 Å². The van der Waals surface area contributed by atoms with Crippen LogP contribution in [0.25, 0.3) is 11.0 Å². The van der Waals surface area contributed by atoms with E-state index in [1.807, 2.05) is 0 Å². The Morgan fingerprint density at radius 2 is 2.09 bits per heavy atom. The summed E-state index contributed by atoms with van der Waals surface area (Å²) in [6.45, 7) is -0.345. The number of anilines is 1. The van der Waals surface area contributed by atoms with Gasteiger partial charge < -0.3 is 25.4 Å². The van der Waals surface area contributed by atoms with Crippen molar-refractivity contribution in [2.45, 2.75) is 24.4 Å². The van der Waals surface area contributed by atoms with Gasteiger partial charge in [0.25, 0.3) is 5.69 Å². The molecule has 0 amide bonds. The lowest BCUT2D eigenvalue weighted by Gasteiger charge is -2.37. The van der Waals surface area contributed by atoms with Crippen LogP contribution in [0.2, 0.25) is 0 Å². The molecule has 1 saturated heterocycles. The van der Waals surface area contributed by atoms with Gasteiger partial charge in [0.1, 0.15) is 23.8 Å². The molecule has 0 spiro atoms. The van der Waals surface area contributed by atoms with Gasteiger partial charge in [-0.25, -0.2) is 0 Å². The highest BCUT2D eigenvalue weighted by molar-refractivity contribution is 7.00. The van der Waals surface area contributed by atoms with E-state index in [0.717, 1.165) is 11.7 Å². The zero-order valence-electron chi connectivity index (χ0n) is 11.7. The summed E-state index contributed by atoms with van der Waals surface area (Å²) < 4.78 is 13.3. The Morgan fingerprint density at radius 3 is 2.78 bits per heavy atom. The third-order valence-corrected chi connectivity index (χ3v) is 4.27. The first-order valence-corrected chi connectivity index (χ1v) is 7.50. The second kappa shape index (κ2) is 6.29. The van der Waals surface area contributed by atoms with Crippen LogP contribution >= 0.6 is 11.7 Å². The molecule has 0 aliphatic carbocycles. The van der Waals surface area contributed by atoms with Gasteiger partial charge in [0.2, 0.25) is 0 Å². The van der Waals surface area contributed by atoms with Crippen LogP contribution in [0.1, 0.15) is 0 Å². The molecule has 4 atom stereocenters. The van der Waals surface area contributed by atoms with Gasteiger partial charge in [-0.2, -0.15) is 8.75 Å². The monoisotopic (exact) mass is 342 g/mol. The predicted octanol–water partition coefficient (Wildman–Crippen LogP) is -0.507. The number of hydrogen-bond acceptors (Lipinski definition) is 10. The summed E-state index contributed by atoms with van der Waals surface area (Å²) in [6.07, 6.45) is -3.26. The number of aliphatic hydroxyl groups is 3. The van der Waals surface area contributed by atoms with Crippen molar-refractivity contribution < 1.29 is 25.0 Å². The van der Waals surface area contributed by atoms with Gasteiger partial charge >= 0.3 is 0 Å². The second-order valence-corrected chi connectivity index (χ2v) is 5.67. The molecule has 0 saturated carbocycles. The SMILES string of the molecule is O=[N+]([O-])c1ccc(N[C@H]2CO[C@H](CO)[C@@H](O)[C@@H]2O)c2nsnc12. The number of fused-ring (bicyclic) bond motifs is 1. The number of aromatic nitrogens is 2. The molecule has 0 bridgehead atoms. The van der Waals surface area contributed by atoms with Crippen molar-refractivity contribution >= 4 is 34.1 Å². The molecule has 0 unspecified atom stereocenters.